The Morgan fingerprint density at radius 1 is 1.28 bits per heavy atom. The molecule has 25 heavy (non-hydrogen) atoms. The van der Waals surface area contributed by atoms with Gasteiger partial charge in [-0.2, -0.15) is 0 Å². The molecule has 1 unspecified atom stereocenters. The Kier molecular flexibility index (Phi) is 5.42. The molecule has 130 valence electrons. The van der Waals surface area contributed by atoms with E-state index in [2.05, 4.69) is 21.5 Å². The highest BCUT2D eigenvalue weighted by Gasteiger charge is 2.13. The first-order valence-electron chi connectivity index (χ1n) is 7.58. The Morgan fingerprint density at radius 3 is 2.84 bits per heavy atom. The molecule has 0 aliphatic rings. The number of rotatable bonds is 8. The lowest BCUT2D eigenvalue weighted by atomic mass is 10.3. The van der Waals surface area contributed by atoms with Crippen LogP contribution in [0.15, 0.2) is 55.6 Å². The molecule has 3 aromatic rings. The molecule has 2 N–H and O–H groups in total. The number of nitrogen functional groups attached to an aromatic ring is 1. The van der Waals surface area contributed by atoms with E-state index < -0.39 is 8.03 Å². The van der Waals surface area contributed by atoms with Crippen molar-refractivity contribution in [3.8, 4) is 5.75 Å². The third-order valence-corrected chi connectivity index (χ3v) is 4.32. The van der Waals surface area contributed by atoms with Gasteiger partial charge in [0, 0.05) is 0 Å². The van der Waals surface area contributed by atoms with Crippen LogP contribution in [-0.2, 0) is 15.8 Å². The van der Waals surface area contributed by atoms with Gasteiger partial charge in [0.1, 0.15) is 23.9 Å². The quantitative estimate of drug-likeness (QED) is 0.486. The summed E-state index contributed by atoms with van der Waals surface area (Å²) in [6.07, 6.45) is 4.24. The number of hydrogen-bond donors (Lipinski definition) is 1. The summed E-state index contributed by atoms with van der Waals surface area (Å²) in [5.41, 5.74) is 6.91. The number of nitrogens with two attached hydrogens (primary N) is 1. The van der Waals surface area contributed by atoms with E-state index in [-0.39, 0.29) is 12.5 Å². The average Bonchev–Trinajstić information content (AvgIpc) is 3.04. The minimum atomic E-state index is -2.36. The minimum Gasteiger partial charge on any atom is -0.443 e. The number of anilines is 1. The van der Waals surface area contributed by atoms with E-state index in [0.29, 0.717) is 29.3 Å². The highest BCUT2D eigenvalue weighted by Crippen LogP contribution is 2.27. The molecule has 2 heterocycles. The molecule has 0 radical (unpaired) electrons. The van der Waals surface area contributed by atoms with Gasteiger partial charge in [-0.3, -0.25) is 4.57 Å². The van der Waals surface area contributed by atoms with Crippen molar-refractivity contribution in [3.63, 3.8) is 0 Å². The second kappa shape index (κ2) is 7.92. The molecule has 0 bridgehead atoms. The van der Waals surface area contributed by atoms with Crippen molar-refractivity contribution in [2.45, 2.75) is 12.6 Å². The second-order valence-electron chi connectivity index (χ2n) is 5.20. The van der Waals surface area contributed by atoms with Gasteiger partial charge < -0.3 is 19.6 Å². The summed E-state index contributed by atoms with van der Waals surface area (Å²) in [4.78, 5) is 12.3. The van der Waals surface area contributed by atoms with E-state index in [1.54, 1.807) is 29.1 Å². The summed E-state index contributed by atoms with van der Waals surface area (Å²) in [6, 6.07) is 8.98. The van der Waals surface area contributed by atoms with Gasteiger partial charge in [-0.05, 0) is 12.1 Å². The molecular formula is C16H18N5O3P. The SMILES string of the molecule is C=C[C@H](Cn1cnc2c(N)ncnc21)OC[PH](=O)Oc1ccccc1. The molecule has 1 aromatic carbocycles. The maximum absolute atomic E-state index is 12.0. The number of nitrogens with zero attached hydrogens (tertiary/aromatic N) is 4. The van der Waals surface area contributed by atoms with E-state index in [1.165, 1.54) is 6.33 Å². The van der Waals surface area contributed by atoms with Gasteiger partial charge in [-0.15, -0.1) is 6.58 Å². The molecule has 8 nitrogen and oxygen atoms in total. The predicted molar refractivity (Wildman–Crippen MR) is 95.7 cm³/mol. The Morgan fingerprint density at radius 2 is 2.08 bits per heavy atom. The third-order valence-electron chi connectivity index (χ3n) is 3.46. The van der Waals surface area contributed by atoms with Gasteiger partial charge in [0.05, 0.1) is 19.0 Å². The first-order chi connectivity index (χ1) is 12.2. The molecule has 2 aromatic heterocycles. The zero-order chi connectivity index (χ0) is 17.6. The van der Waals surface area contributed by atoms with Crippen molar-refractivity contribution in [2.75, 3.05) is 12.1 Å². The number of hydrogen-bond acceptors (Lipinski definition) is 7. The first-order valence-corrected chi connectivity index (χ1v) is 9.11. The smallest absolute Gasteiger partial charge is 0.261 e. The standard InChI is InChI=1S/C16H18N5O3P/c1-2-12(23-11-25(22)24-13-6-4-3-5-7-13)8-21-10-20-14-15(17)18-9-19-16(14)21/h2-7,9-10,12,25H,1,8,11H2,(H2,17,18,19)/t12-/m1/s1. The summed E-state index contributed by atoms with van der Waals surface area (Å²) in [5, 5.41) is 0. The van der Waals surface area contributed by atoms with Crippen molar-refractivity contribution < 1.29 is 13.8 Å². The zero-order valence-electron chi connectivity index (χ0n) is 13.4. The summed E-state index contributed by atoms with van der Waals surface area (Å²) < 4.78 is 24.8. The monoisotopic (exact) mass is 359 g/mol. The van der Waals surface area contributed by atoms with Crippen molar-refractivity contribution in [3.05, 3.63) is 55.6 Å². The first kappa shape index (κ1) is 17.1. The van der Waals surface area contributed by atoms with Gasteiger partial charge in [0.2, 0.25) is 0 Å². The number of para-hydroxylation sites is 1. The molecule has 0 saturated carbocycles. The molecule has 3 rings (SSSR count). The lowest BCUT2D eigenvalue weighted by Gasteiger charge is -2.15. The summed E-state index contributed by atoms with van der Waals surface area (Å²) in [7, 11) is -2.36. The van der Waals surface area contributed by atoms with Crippen molar-refractivity contribution in [2.24, 2.45) is 0 Å². The number of fused-ring (bicyclic) bond motifs is 1. The largest absolute Gasteiger partial charge is 0.443 e. The van der Waals surface area contributed by atoms with Crippen LogP contribution in [0, 0.1) is 0 Å². The van der Waals surface area contributed by atoms with Crippen LogP contribution in [0.25, 0.3) is 11.2 Å². The molecule has 0 fully saturated rings. The maximum atomic E-state index is 12.0. The Hall–Kier alpha value is -2.70. The van der Waals surface area contributed by atoms with Crippen molar-refractivity contribution >= 4 is 25.0 Å². The van der Waals surface area contributed by atoms with Crippen LogP contribution in [0.3, 0.4) is 0 Å². The topological polar surface area (TPSA) is 105 Å². The molecular weight excluding hydrogens is 341 g/mol. The summed E-state index contributed by atoms with van der Waals surface area (Å²) >= 11 is 0. The maximum Gasteiger partial charge on any atom is 0.261 e. The summed E-state index contributed by atoms with van der Waals surface area (Å²) in [5.74, 6) is 0.874. The van der Waals surface area contributed by atoms with Crippen LogP contribution in [0.4, 0.5) is 5.82 Å². The molecule has 0 saturated heterocycles. The summed E-state index contributed by atoms with van der Waals surface area (Å²) in [6.45, 7) is 4.17. The number of aromatic nitrogens is 4. The fourth-order valence-corrected chi connectivity index (χ4v) is 3.05. The van der Waals surface area contributed by atoms with Crippen LogP contribution < -0.4 is 10.3 Å². The van der Waals surface area contributed by atoms with Gasteiger partial charge in [0.15, 0.2) is 11.5 Å². The number of imidazole rings is 1. The average molecular weight is 359 g/mol. The molecule has 0 spiro atoms. The van der Waals surface area contributed by atoms with Crippen LogP contribution >= 0.6 is 8.03 Å². The molecule has 0 aliphatic heterocycles. The van der Waals surface area contributed by atoms with Crippen molar-refractivity contribution in [1.82, 2.24) is 19.5 Å². The lowest BCUT2D eigenvalue weighted by molar-refractivity contribution is 0.107. The fraction of sp³-hybridized carbons (Fsp3) is 0.188. The van der Waals surface area contributed by atoms with E-state index in [4.69, 9.17) is 15.0 Å². The Balaban J connectivity index is 1.60. The number of benzene rings is 1. The van der Waals surface area contributed by atoms with E-state index in [0.717, 1.165) is 0 Å². The van der Waals surface area contributed by atoms with Crippen molar-refractivity contribution in [1.29, 1.82) is 0 Å². The molecule has 0 amide bonds. The van der Waals surface area contributed by atoms with Crippen LogP contribution in [0.5, 0.6) is 5.75 Å². The Labute approximate surface area is 145 Å². The van der Waals surface area contributed by atoms with E-state index in [1.807, 2.05) is 18.2 Å². The van der Waals surface area contributed by atoms with Crippen LogP contribution in [-0.4, -0.2) is 32.0 Å². The normalized spacial score (nSPS) is 13.4. The highest BCUT2D eigenvalue weighted by molar-refractivity contribution is 7.39. The van der Waals surface area contributed by atoms with Gasteiger partial charge in [-0.25, -0.2) is 15.0 Å². The number of ether oxygens (including phenoxy) is 1. The Bertz CT molecular complexity index is 884. The van der Waals surface area contributed by atoms with E-state index >= 15 is 0 Å². The second-order valence-corrected chi connectivity index (χ2v) is 6.44. The lowest BCUT2D eigenvalue weighted by Crippen LogP contribution is -2.17. The van der Waals surface area contributed by atoms with E-state index in [9.17, 15) is 4.57 Å². The van der Waals surface area contributed by atoms with Crippen LogP contribution in [0.2, 0.25) is 0 Å². The predicted octanol–water partition coefficient (Wildman–Crippen LogP) is 2.49. The third kappa shape index (κ3) is 4.23. The highest BCUT2D eigenvalue weighted by atomic mass is 31.1. The molecule has 9 heteroatoms. The minimum absolute atomic E-state index is 0.0139. The van der Waals surface area contributed by atoms with Gasteiger partial charge in [-0.1, -0.05) is 24.3 Å². The van der Waals surface area contributed by atoms with Gasteiger partial charge in [0.25, 0.3) is 8.03 Å². The fourth-order valence-electron chi connectivity index (χ4n) is 2.25. The van der Waals surface area contributed by atoms with Gasteiger partial charge >= 0.3 is 0 Å². The van der Waals surface area contributed by atoms with Crippen LogP contribution in [0.1, 0.15) is 0 Å². The molecule has 0 aliphatic carbocycles. The molecule has 2 atom stereocenters. The zero-order valence-corrected chi connectivity index (χ0v) is 14.4.